The molecule has 0 aliphatic heterocycles. The fourth-order valence-corrected chi connectivity index (χ4v) is 15.4. The lowest BCUT2D eigenvalue weighted by atomic mass is 10.8. The molecule has 0 aromatic carbocycles. The molecule has 0 atom stereocenters. The van der Waals surface area contributed by atoms with Crippen molar-refractivity contribution in [3.63, 3.8) is 0 Å². The summed E-state index contributed by atoms with van der Waals surface area (Å²) in [5.41, 5.74) is 0. The molecule has 0 unspecified atom stereocenters. The van der Waals surface area contributed by atoms with Crippen molar-refractivity contribution in [2.24, 2.45) is 0 Å². The molecular weight excluding hydrogens is 885 g/mol. The zero-order valence-electron chi connectivity index (χ0n) is 25.5. The molecule has 0 aromatic heterocycles. The Morgan fingerprint density at radius 3 is 1.15 bits per heavy atom. The van der Waals surface area contributed by atoms with Crippen LogP contribution in [0.15, 0.2) is 0 Å². The van der Waals surface area contributed by atoms with Gasteiger partial charge in [0.15, 0.2) is 0 Å². The topological polar surface area (TPSA) is 138 Å². The van der Waals surface area contributed by atoms with Crippen LogP contribution in [0, 0.1) is 0 Å². The molecule has 24 heteroatoms. The van der Waals surface area contributed by atoms with Crippen molar-refractivity contribution in [3.05, 3.63) is 0 Å². The predicted molar refractivity (Wildman–Crippen MR) is 228 cm³/mol. The Morgan fingerprint density at radius 2 is 0.723 bits per heavy atom. The van der Waals surface area contributed by atoms with Crippen LogP contribution in [0.5, 0.6) is 0 Å². The maximum atomic E-state index is 11.8. The van der Waals surface area contributed by atoms with Crippen LogP contribution in [0.3, 0.4) is 0 Å². The first kappa shape index (κ1) is 50.1. The third-order valence-corrected chi connectivity index (χ3v) is 19.0. The molecule has 278 valence electrons. The van der Waals surface area contributed by atoms with E-state index in [9.17, 15) is 14.4 Å². The first-order valence-electron chi connectivity index (χ1n) is 13.1. The largest absolute Gasteiger partial charge is 0.454 e. The van der Waals surface area contributed by atoms with Crippen LogP contribution in [-0.2, 0) is 38.4 Å². The van der Waals surface area contributed by atoms with Gasteiger partial charge in [0, 0.05) is 51.5 Å². The summed E-state index contributed by atoms with van der Waals surface area (Å²) in [7, 11) is 0. The van der Waals surface area contributed by atoms with Crippen molar-refractivity contribution >= 4 is 183 Å². The van der Waals surface area contributed by atoms with E-state index in [1.807, 2.05) is 35.3 Å². The van der Waals surface area contributed by atoms with Crippen LogP contribution >= 0.6 is 165 Å². The number of esters is 3. The lowest BCUT2D eigenvalue weighted by Gasteiger charge is -2.06. The number of rotatable bonds is 38. The molecule has 0 amide bonds. The van der Waals surface area contributed by atoms with Gasteiger partial charge in [-0.25, -0.2) is 9.78 Å². The predicted octanol–water partition coefficient (Wildman–Crippen LogP) is 7.18. The van der Waals surface area contributed by atoms with Gasteiger partial charge in [-0.05, 0) is 0 Å². The van der Waals surface area contributed by atoms with Crippen LogP contribution < -0.4 is 0 Å². The number of hydrogen-bond donors (Lipinski definition) is 2. The van der Waals surface area contributed by atoms with Gasteiger partial charge in [-0.3, -0.25) is 14.4 Å². The molecule has 2 N–H and O–H groups in total. The van der Waals surface area contributed by atoms with Crippen molar-refractivity contribution in [3.8, 4) is 0 Å². The molecular formula is C23H42O10S14. The van der Waals surface area contributed by atoms with Crippen LogP contribution in [0.2, 0.25) is 0 Å². The molecule has 0 saturated heterocycles. The summed E-state index contributed by atoms with van der Waals surface area (Å²) in [6, 6.07) is 0. The highest BCUT2D eigenvalue weighted by Crippen LogP contribution is 2.24. The molecule has 0 radical (unpaired) electrons. The van der Waals surface area contributed by atoms with E-state index < -0.39 is 0 Å². The van der Waals surface area contributed by atoms with Crippen LogP contribution in [-0.4, -0.2) is 139 Å². The summed E-state index contributed by atoms with van der Waals surface area (Å²) >= 11 is 22.7. The van der Waals surface area contributed by atoms with Crippen molar-refractivity contribution < 1.29 is 48.6 Å². The average Bonchev–Trinajstić information content (AvgIpc) is 3.06. The number of carbonyl (C=O) groups is 3. The van der Waals surface area contributed by atoms with Gasteiger partial charge in [-0.1, -0.05) is 23.5 Å². The second-order valence-electron chi connectivity index (χ2n) is 7.27. The van der Waals surface area contributed by atoms with E-state index in [4.69, 9.17) is 34.2 Å². The molecule has 0 heterocycles. The Labute approximate surface area is 338 Å². The fraction of sp³-hybridized carbons (Fsp3) is 0.870. The summed E-state index contributed by atoms with van der Waals surface area (Å²) in [5.74, 6) is 2.35. The first-order valence-corrected chi connectivity index (χ1v) is 29.3. The molecule has 0 aromatic rings. The number of ether oxygens (including phenoxy) is 3. The molecule has 0 fully saturated rings. The molecule has 0 spiro atoms. The smallest absolute Gasteiger partial charge is 0.316 e. The first-order chi connectivity index (χ1) is 23.1. The minimum atomic E-state index is -0.265. The quantitative estimate of drug-likeness (QED) is 0.0161. The van der Waals surface area contributed by atoms with Gasteiger partial charge in [0.2, 0.25) is 0 Å². The minimum absolute atomic E-state index is 0.0444. The zero-order chi connectivity index (χ0) is 34.3. The second kappa shape index (κ2) is 43.6. The van der Waals surface area contributed by atoms with Crippen LogP contribution in [0.1, 0.15) is 0 Å². The summed E-state index contributed by atoms with van der Waals surface area (Å²) in [5, 5.41) is 25.3. The molecule has 0 aliphatic rings. The van der Waals surface area contributed by atoms with Gasteiger partial charge in [-0.2, -0.15) is 0 Å². The number of hydrogen-bond acceptors (Lipinski definition) is 24. The van der Waals surface area contributed by atoms with Gasteiger partial charge in [-0.15, -0.1) is 141 Å². The second-order valence-corrected chi connectivity index (χ2v) is 24.2. The van der Waals surface area contributed by atoms with Gasteiger partial charge in [0.05, 0.1) is 35.7 Å². The Balaban J connectivity index is 3.20. The third kappa shape index (κ3) is 43.4. The number of aliphatic hydroxyl groups is 2. The number of carbonyl (C=O) groups excluding carboxylic acids is 3. The van der Waals surface area contributed by atoms with E-state index in [0.717, 1.165) is 75.0 Å². The molecule has 10 nitrogen and oxygen atoms in total. The highest BCUT2D eigenvalue weighted by atomic mass is 32.3. The van der Waals surface area contributed by atoms with E-state index in [-0.39, 0.29) is 41.7 Å². The maximum absolute atomic E-state index is 11.8. The fourth-order valence-electron chi connectivity index (χ4n) is 1.98. The third-order valence-electron chi connectivity index (χ3n) is 3.78. The lowest BCUT2D eigenvalue weighted by Crippen LogP contribution is -2.07. The molecule has 0 aliphatic carbocycles. The normalized spacial score (nSPS) is 11.1. The standard InChI is InChI=1S/C23H42O10S14/c24-6-38-8-29-21(26)3-35-13-43-18-42-12-34-2-1-32-33-11-41-17-47-20-46-16-40-10-31-23(28)5-37-15-45-19-44-14-36-4-22(27)30-9-39-7-25/h24-25H,1-20H2. The van der Waals surface area contributed by atoms with E-state index in [1.165, 1.54) is 11.8 Å². The lowest BCUT2D eigenvalue weighted by molar-refractivity contribution is -0.274. The van der Waals surface area contributed by atoms with Crippen molar-refractivity contribution in [2.75, 3.05) is 111 Å². The van der Waals surface area contributed by atoms with Gasteiger partial charge < -0.3 is 24.4 Å². The van der Waals surface area contributed by atoms with E-state index in [2.05, 4.69) is 0 Å². The Bertz CT molecular complexity index is 723. The summed E-state index contributed by atoms with van der Waals surface area (Å²) in [6.07, 6.45) is 0. The summed E-state index contributed by atoms with van der Waals surface area (Å²) < 4.78 is 15.1. The number of thioether (sulfide) groups is 14. The molecule has 0 saturated carbocycles. The maximum Gasteiger partial charge on any atom is 0.316 e. The van der Waals surface area contributed by atoms with Gasteiger partial charge in [0.1, 0.15) is 23.8 Å². The summed E-state index contributed by atoms with van der Waals surface area (Å²) in [4.78, 5) is 45.1. The van der Waals surface area contributed by atoms with Crippen molar-refractivity contribution in [2.45, 2.75) is 0 Å². The highest BCUT2D eigenvalue weighted by Gasteiger charge is 2.05. The molecule has 0 bridgehead atoms. The Morgan fingerprint density at radius 1 is 0.383 bits per heavy atom. The van der Waals surface area contributed by atoms with E-state index in [0.29, 0.717) is 35.7 Å². The molecule has 0 rings (SSSR count). The monoisotopic (exact) mass is 926 g/mol. The van der Waals surface area contributed by atoms with E-state index >= 15 is 0 Å². The minimum Gasteiger partial charge on any atom is -0.454 e. The zero-order valence-corrected chi connectivity index (χ0v) is 36.9. The van der Waals surface area contributed by atoms with Crippen LogP contribution in [0.25, 0.3) is 0 Å². The molecule has 47 heavy (non-hydrogen) atoms. The van der Waals surface area contributed by atoms with E-state index in [1.54, 1.807) is 94.1 Å². The van der Waals surface area contributed by atoms with Crippen LogP contribution in [0.4, 0.5) is 0 Å². The summed E-state index contributed by atoms with van der Waals surface area (Å²) in [6.45, 7) is 0.558. The van der Waals surface area contributed by atoms with Crippen molar-refractivity contribution in [1.82, 2.24) is 0 Å². The highest BCUT2D eigenvalue weighted by molar-refractivity contribution is 8.27. The number of aliphatic hydroxyl groups excluding tert-OH is 2. The SMILES string of the molecule is O=C(CSCSCSCSCCOOCSCSCSCSCOC(=O)CSCSCSCSCC(=O)OCSCO)OCSCO. The Hall–Kier alpha value is 3.15. The van der Waals surface area contributed by atoms with Crippen molar-refractivity contribution in [1.29, 1.82) is 0 Å². The van der Waals surface area contributed by atoms with Gasteiger partial charge >= 0.3 is 17.9 Å². The average molecular weight is 928 g/mol. The Kier molecular flexibility index (Phi) is 46.5. The van der Waals surface area contributed by atoms with Gasteiger partial charge in [0.25, 0.3) is 0 Å².